The number of hydrogen-bond acceptors (Lipinski definition) is 2. The zero-order valence-electron chi connectivity index (χ0n) is 29.1. The molecule has 0 amide bonds. The second-order valence-electron chi connectivity index (χ2n) is 13.5. The van der Waals surface area contributed by atoms with Crippen LogP contribution in [-0.4, -0.2) is 12.6 Å². The van der Waals surface area contributed by atoms with Crippen LogP contribution in [0.5, 0.6) is 0 Å². The highest BCUT2D eigenvalue weighted by molar-refractivity contribution is 5.69. The number of carbonyl (C=O) groups excluding carboxylic acids is 1. The minimum absolute atomic E-state index is 0.0369. The molecule has 0 aromatic heterocycles. The smallest absolute Gasteiger partial charge is 0.305 e. The maximum atomic E-state index is 12.1. The molecule has 0 rings (SSSR count). The summed E-state index contributed by atoms with van der Waals surface area (Å²) in [6.07, 6.45) is 41.6. The van der Waals surface area contributed by atoms with Crippen molar-refractivity contribution in [1.29, 1.82) is 0 Å². The highest BCUT2D eigenvalue weighted by Gasteiger charge is 2.09. The highest BCUT2D eigenvalue weighted by atomic mass is 16.5. The van der Waals surface area contributed by atoms with Gasteiger partial charge in [0, 0.05) is 6.42 Å². The lowest BCUT2D eigenvalue weighted by molar-refractivity contribution is -0.144. The molecule has 2 heteroatoms. The van der Waals surface area contributed by atoms with E-state index in [-0.39, 0.29) is 5.97 Å². The van der Waals surface area contributed by atoms with Gasteiger partial charge in [-0.2, -0.15) is 0 Å². The predicted molar refractivity (Wildman–Crippen MR) is 188 cm³/mol. The minimum Gasteiger partial charge on any atom is -0.466 e. The monoisotopic (exact) mass is 585 g/mol. The lowest BCUT2D eigenvalue weighted by Gasteiger charge is -2.16. The normalized spacial score (nSPS) is 14.6. The van der Waals surface area contributed by atoms with Crippen LogP contribution in [-0.2, 0) is 9.53 Å². The molecule has 0 heterocycles. The molecule has 0 saturated carbocycles. The van der Waals surface area contributed by atoms with Gasteiger partial charge in [0.2, 0.25) is 0 Å². The zero-order valence-corrected chi connectivity index (χ0v) is 29.1. The third-order valence-corrected chi connectivity index (χ3v) is 8.35. The fourth-order valence-electron chi connectivity index (χ4n) is 5.31. The third kappa shape index (κ3) is 31.4. The molecule has 3 unspecified atom stereocenters. The second-order valence-corrected chi connectivity index (χ2v) is 13.5. The van der Waals surface area contributed by atoms with Crippen molar-refractivity contribution in [3.63, 3.8) is 0 Å². The Balaban J connectivity index is 3.62. The summed E-state index contributed by atoms with van der Waals surface area (Å²) in [6.45, 7) is 14.7. The van der Waals surface area contributed by atoms with Crippen LogP contribution in [0.4, 0.5) is 0 Å². The zero-order chi connectivity index (χ0) is 31.1. The average Bonchev–Trinajstić information content (AvgIpc) is 2.94. The Morgan fingerprint density at radius 1 is 0.524 bits per heavy atom. The molecule has 0 aliphatic heterocycles. The van der Waals surface area contributed by atoms with Crippen molar-refractivity contribution in [3.8, 4) is 0 Å². The van der Waals surface area contributed by atoms with Gasteiger partial charge in [0.05, 0.1) is 6.61 Å². The highest BCUT2D eigenvalue weighted by Crippen LogP contribution is 2.22. The molecule has 0 aromatic rings. The molecular weight excluding hydrogens is 512 g/mol. The van der Waals surface area contributed by atoms with Crippen molar-refractivity contribution in [2.45, 2.75) is 170 Å². The Morgan fingerprint density at radius 2 is 0.952 bits per heavy atom. The quantitative estimate of drug-likeness (QED) is 0.0496. The van der Waals surface area contributed by atoms with E-state index in [9.17, 15) is 4.79 Å². The molecule has 0 bridgehead atoms. The van der Waals surface area contributed by atoms with Crippen molar-refractivity contribution in [3.05, 3.63) is 48.6 Å². The predicted octanol–water partition coefficient (Wildman–Crippen LogP) is 13.1. The van der Waals surface area contributed by atoms with Gasteiger partial charge in [-0.25, -0.2) is 0 Å². The van der Waals surface area contributed by atoms with Crippen LogP contribution in [0.15, 0.2) is 48.6 Å². The number of ether oxygens (including phenoxy) is 1. The van der Waals surface area contributed by atoms with Gasteiger partial charge in [-0.05, 0) is 75.0 Å². The van der Waals surface area contributed by atoms with Crippen LogP contribution in [0.3, 0.4) is 0 Å². The van der Waals surface area contributed by atoms with E-state index in [0.717, 1.165) is 56.3 Å². The van der Waals surface area contributed by atoms with Crippen LogP contribution in [0.25, 0.3) is 0 Å². The molecule has 0 N–H and O–H groups in total. The fraction of sp³-hybridized carbons (Fsp3) is 0.775. The first kappa shape index (κ1) is 40.4. The first-order chi connectivity index (χ1) is 20.3. The summed E-state index contributed by atoms with van der Waals surface area (Å²) < 4.78 is 5.50. The third-order valence-electron chi connectivity index (χ3n) is 8.35. The Morgan fingerprint density at radius 3 is 1.43 bits per heavy atom. The standard InChI is InChI=1S/C40H72O2/c1-7-8-9-10-11-12-13-14-15-16-17-18-19-20-21-22-23-33-40(41)42-35-34-39(6)32-26-31-38(5)30-25-29-37(4)28-24-27-36(2)3/h11-12,14-15,17-18,20-21,36-39H,7-10,13,16,19,22-35H2,1-6H3/b12-11+,15-14+,18-17+,21-20+. The molecule has 0 aliphatic carbocycles. The van der Waals surface area contributed by atoms with Crippen molar-refractivity contribution >= 4 is 5.97 Å². The van der Waals surface area contributed by atoms with Crippen LogP contribution in [0.2, 0.25) is 0 Å². The number of allylic oxidation sites excluding steroid dienone is 8. The van der Waals surface area contributed by atoms with Crippen LogP contribution >= 0.6 is 0 Å². The molecule has 3 atom stereocenters. The average molecular weight is 585 g/mol. The summed E-state index contributed by atoms with van der Waals surface area (Å²) in [7, 11) is 0. The maximum absolute atomic E-state index is 12.1. The minimum atomic E-state index is -0.0369. The van der Waals surface area contributed by atoms with Gasteiger partial charge in [0.1, 0.15) is 0 Å². The van der Waals surface area contributed by atoms with E-state index in [1.807, 2.05) is 0 Å². The van der Waals surface area contributed by atoms with Gasteiger partial charge in [-0.3, -0.25) is 4.79 Å². The van der Waals surface area contributed by atoms with Gasteiger partial charge < -0.3 is 4.74 Å². The molecular formula is C40H72O2. The molecule has 42 heavy (non-hydrogen) atoms. The van der Waals surface area contributed by atoms with E-state index >= 15 is 0 Å². The van der Waals surface area contributed by atoms with Gasteiger partial charge >= 0.3 is 5.97 Å². The van der Waals surface area contributed by atoms with E-state index in [1.54, 1.807) is 0 Å². The first-order valence-electron chi connectivity index (χ1n) is 18.1. The number of hydrogen-bond donors (Lipinski definition) is 0. The van der Waals surface area contributed by atoms with Gasteiger partial charge in [0.25, 0.3) is 0 Å². The Kier molecular flexibility index (Phi) is 29.7. The van der Waals surface area contributed by atoms with E-state index in [1.165, 1.54) is 83.5 Å². The van der Waals surface area contributed by atoms with Crippen molar-refractivity contribution in [2.24, 2.45) is 23.7 Å². The van der Waals surface area contributed by atoms with E-state index < -0.39 is 0 Å². The van der Waals surface area contributed by atoms with Crippen molar-refractivity contribution in [1.82, 2.24) is 0 Å². The molecule has 0 saturated heterocycles. The number of esters is 1. The Labute approximate surface area is 263 Å². The summed E-state index contributed by atoms with van der Waals surface area (Å²) in [5.41, 5.74) is 0. The first-order valence-corrected chi connectivity index (χ1v) is 18.1. The van der Waals surface area contributed by atoms with Gasteiger partial charge in [0.15, 0.2) is 0 Å². The maximum Gasteiger partial charge on any atom is 0.305 e. The topological polar surface area (TPSA) is 26.3 Å². The summed E-state index contributed by atoms with van der Waals surface area (Å²) in [5, 5.41) is 0. The summed E-state index contributed by atoms with van der Waals surface area (Å²) in [6, 6.07) is 0. The Bertz CT molecular complexity index is 698. The lowest BCUT2D eigenvalue weighted by atomic mass is 9.91. The Hall–Kier alpha value is -1.57. The van der Waals surface area contributed by atoms with E-state index in [0.29, 0.717) is 18.9 Å². The molecule has 0 aromatic carbocycles. The molecule has 0 spiro atoms. The number of unbranched alkanes of at least 4 members (excludes halogenated alkanes) is 4. The van der Waals surface area contributed by atoms with E-state index in [2.05, 4.69) is 90.2 Å². The van der Waals surface area contributed by atoms with Crippen LogP contribution < -0.4 is 0 Å². The summed E-state index contributed by atoms with van der Waals surface area (Å²) in [4.78, 5) is 12.1. The molecule has 0 aliphatic rings. The van der Waals surface area contributed by atoms with Gasteiger partial charge in [-0.15, -0.1) is 0 Å². The van der Waals surface area contributed by atoms with Crippen molar-refractivity contribution in [2.75, 3.05) is 6.61 Å². The van der Waals surface area contributed by atoms with Crippen LogP contribution in [0, 0.1) is 23.7 Å². The number of rotatable bonds is 29. The largest absolute Gasteiger partial charge is 0.466 e. The summed E-state index contributed by atoms with van der Waals surface area (Å²) in [5.74, 6) is 3.17. The SMILES string of the molecule is CCCCC/C=C/C/C=C/C/C=C/C/C=C/CCCC(=O)OCCC(C)CCCC(C)CCCC(C)CCCC(C)C. The second kappa shape index (κ2) is 30.9. The van der Waals surface area contributed by atoms with Crippen molar-refractivity contribution < 1.29 is 9.53 Å². The van der Waals surface area contributed by atoms with Gasteiger partial charge in [-0.1, -0.05) is 161 Å². The van der Waals surface area contributed by atoms with Crippen LogP contribution in [0.1, 0.15) is 170 Å². The fourth-order valence-corrected chi connectivity index (χ4v) is 5.31. The molecule has 244 valence electrons. The lowest BCUT2D eigenvalue weighted by Crippen LogP contribution is -2.09. The molecule has 0 fully saturated rings. The number of carbonyl (C=O) groups is 1. The molecule has 2 nitrogen and oxygen atoms in total. The summed E-state index contributed by atoms with van der Waals surface area (Å²) >= 11 is 0. The van der Waals surface area contributed by atoms with E-state index in [4.69, 9.17) is 4.74 Å². The molecule has 0 radical (unpaired) electrons.